The van der Waals surface area contributed by atoms with E-state index in [0.29, 0.717) is 18.3 Å². The number of nitrogens with zero attached hydrogens (tertiary/aromatic N) is 1. The number of hydrogen-bond donors (Lipinski definition) is 2. The molecule has 0 unspecified atom stereocenters. The van der Waals surface area contributed by atoms with E-state index in [1.165, 1.54) is 0 Å². The van der Waals surface area contributed by atoms with E-state index in [1.807, 2.05) is 86.6 Å². The summed E-state index contributed by atoms with van der Waals surface area (Å²) in [5.74, 6) is 1.56. The average molecular weight is 420 g/mol. The number of nitrogens with one attached hydrogen (secondary N) is 2. The second-order valence-corrected chi connectivity index (χ2v) is 7.10. The Hall–Kier alpha value is -3.38. The molecule has 0 radical (unpaired) electrons. The van der Waals surface area contributed by atoms with Gasteiger partial charge in [-0.15, -0.1) is 0 Å². The van der Waals surface area contributed by atoms with E-state index in [9.17, 15) is 0 Å². The normalized spacial score (nSPS) is 10.6. The monoisotopic (exact) mass is 419 g/mol. The molecule has 0 amide bonds. The van der Waals surface area contributed by atoms with Gasteiger partial charge in [-0.2, -0.15) is 5.10 Å². The molecule has 0 spiro atoms. The van der Waals surface area contributed by atoms with Crippen LogP contribution in [0.2, 0.25) is 0 Å². The van der Waals surface area contributed by atoms with Gasteiger partial charge in [0, 0.05) is 11.3 Å². The van der Waals surface area contributed by atoms with E-state index in [2.05, 4.69) is 15.8 Å². The van der Waals surface area contributed by atoms with Crippen LogP contribution in [0, 0.1) is 13.8 Å². The third kappa shape index (κ3) is 6.60. The highest BCUT2D eigenvalue weighted by molar-refractivity contribution is 7.80. The Morgan fingerprint density at radius 1 is 0.933 bits per heavy atom. The fraction of sp³-hybridized carbons (Fsp3) is 0.167. The van der Waals surface area contributed by atoms with Crippen molar-refractivity contribution in [3.8, 4) is 11.5 Å². The van der Waals surface area contributed by atoms with Crippen LogP contribution in [0.25, 0.3) is 0 Å². The first-order chi connectivity index (χ1) is 14.6. The molecule has 3 rings (SSSR count). The molecule has 5 nitrogen and oxygen atoms in total. The maximum atomic E-state index is 5.89. The second kappa shape index (κ2) is 11.0. The van der Waals surface area contributed by atoms with Gasteiger partial charge in [0.25, 0.3) is 0 Å². The molecular formula is C24H25N3O2S. The van der Waals surface area contributed by atoms with Crippen LogP contribution in [0.15, 0.2) is 77.9 Å². The number of hydrogen-bond acceptors (Lipinski definition) is 4. The van der Waals surface area contributed by atoms with Gasteiger partial charge in [-0.3, -0.25) is 5.43 Å². The van der Waals surface area contributed by atoms with Gasteiger partial charge in [0.15, 0.2) is 5.11 Å². The highest BCUT2D eigenvalue weighted by Gasteiger charge is 2.04. The standard InChI is InChI=1S/C24H25N3O2S/c1-18-12-13-23(29-15-14-28-21-9-4-3-5-10-21)20(16-18)17-25-27-24(30)26-22-11-7-6-8-19(22)2/h3-13,16-17H,14-15H2,1-2H3,(H2,26,27,30). The number of aryl methyl sites for hydroxylation is 2. The van der Waals surface area contributed by atoms with Crippen molar-refractivity contribution in [1.82, 2.24) is 5.43 Å². The van der Waals surface area contributed by atoms with Crippen molar-refractivity contribution in [2.45, 2.75) is 13.8 Å². The van der Waals surface area contributed by atoms with E-state index >= 15 is 0 Å². The van der Waals surface area contributed by atoms with Crippen LogP contribution in [0.4, 0.5) is 5.69 Å². The van der Waals surface area contributed by atoms with Crippen LogP contribution >= 0.6 is 12.2 Å². The van der Waals surface area contributed by atoms with Crippen LogP contribution < -0.4 is 20.2 Å². The first-order valence-electron chi connectivity index (χ1n) is 9.69. The summed E-state index contributed by atoms with van der Waals surface area (Å²) >= 11 is 5.32. The van der Waals surface area contributed by atoms with E-state index in [1.54, 1.807) is 6.21 Å². The zero-order chi connectivity index (χ0) is 21.2. The van der Waals surface area contributed by atoms with Crippen LogP contribution in [-0.2, 0) is 0 Å². The molecule has 2 N–H and O–H groups in total. The number of para-hydroxylation sites is 2. The van der Waals surface area contributed by atoms with Gasteiger partial charge >= 0.3 is 0 Å². The molecule has 6 heteroatoms. The molecule has 0 heterocycles. The maximum Gasteiger partial charge on any atom is 0.191 e. The SMILES string of the molecule is Cc1ccc(OCCOc2ccccc2)c(C=NNC(=S)Nc2ccccc2C)c1. The smallest absolute Gasteiger partial charge is 0.191 e. The number of anilines is 1. The number of ether oxygens (including phenoxy) is 2. The zero-order valence-corrected chi connectivity index (χ0v) is 17.9. The highest BCUT2D eigenvalue weighted by atomic mass is 32.1. The lowest BCUT2D eigenvalue weighted by molar-refractivity contribution is 0.217. The summed E-state index contributed by atoms with van der Waals surface area (Å²) in [6.07, 6.45) is 1.70. The Balaban J connectivity index is 1.53. The average Bonchev–Trinajstić information content (AvgIpc) is 2.75. The molecule has 0 bridgehead atoms. The molecule has 0 saturated carbocycles. The molecule has 0 aliphatic heterocycles. The fourth-order valence-electron chi connectivity index (χ4n) is 2.75. The van der Waals surface area contributed by atoms with Crippen LogP contribution in [0.1, 0.15) is 16.7 Å². The first-order valence-corrected chi connectivity index (χ1v) is 10.1. The van der Waals surface area contributed by atoms with Crippen molar-refractivity contribution >= 4 is 29.2 Å². The number of thiocarbonyl (C=S) groups is 1. The van der Waals surface area contributed by atoms with E-state index < -0.39 is 0 Å². The summed E-state index contributed by atoms with van der Waals surface area (Å²) in [6.45, 7) is 4.93. The Bertz CT molecular complexity index is 1010. The molecule has 3 aromatic rings. The number of hydrazone groups is 1. The van der Waals surface area contributed by atoms with Gasteiger partial charge in [-0.25, -0.2) is 0 Å². The van der Waals surface area contributed by atoms with Gasteiger partial charge in [-0.1, -0.05) is 48.0 Å². The second-order valence-electron chi connectivity index (χ2n) is 6.69. The Kier molecular flexibility index (Phi) is 7.80. The van der Waals surface area contributed by atoms with Crippen LogP contribution in [0.5, 0.6) is 11.5 Å². The molecule has 30 heavy (non-hydrogen) atoms. The van der Waals surface area contributed by atoms with Crippen molar-refractivity contribution in [1.29, 1.82) is 0 Å². The predicted octanol–water partition coefficient (Wildman–Crippen LogP) is 5.08. The van der Waals surface area contributed by atoms with Gasteiger partial charge in [-0.05, 0) is 62.0 Å². The summed E-state index contributed by atoms with van der Waals surface area (Å²) in [6, 6.07) is 23.6. The van der Waals surface area contributed by atoms with Gasteiger partial charge in [0.2, 0.25) is 0 Å². The van der Waals surface area contributed by atoms with Crippen LogP contribution in [0.3, 0.4) is 0 Å². The molecule has 0 saturated heterocycles. The molecule has 0 atom stereocenters. The third-order valence-corrected chi connectivity index (χ3v) is 4.47. The summed E-state index contributed by atoms with van der Waals surface area (Å²) < 4.78 is 11.6. The zero-order valence-electron chi connectivity index (χ0n) is 17.1. The summed E-state index contributed by atoms with van der Waals surface area (Å²) in [7, 11) is 0. The summed E-state index contributed by atoms with van der Waals surface area (Å²) in [5.41, 5.74) is 6.89. The minimum absolute atomic E-state index is 0.423. The van der Waals surface area contributed by atoms with Gasteiger partial charge < -0.3 is 14.8 Å². The van der Waals surface area contributed by atoms with Gasteiger partial charge in [0.05, 0.1) is 6.21 Å². The Morgan fingerprint density at radius 3 is 2.47 bits per heavy atom. The number of rotatable bonds is 8. The molecular weight excluding hydrogens is 394 g/mol. The quantitative estimate of drug-likeness (QED) is 0.231. The molecule has 3 aromatic carbocycles. The lowest BCUT2D eigenvalue weighted by Crippen LogP contribution is -2.24. The van der Waals surface area contributed by atoms with Gasteiger partial charge in [0.1, 0.15) is 24.7 Å². The maximum absolute atomic E-state index is 5.89. The van der Waals surface area contributed by atoms with Crippen molar-refractivity contribution in [2.75, 3.05) is 18.5 Å². The predicted molar refractivity (Wildman–Crippen MR) is 127 cm³/mol. The van der Waals surface area contributed by atoms with Crippen molar-refractivity contribution < 1.29 is 9.47 Å². The van der Waals surface area contributed by atoms with Crippen molar-refractivity contribution in [3.05, 3.63) is 89.5 Å². The molecule has 0 fully saturated rings. The Labute approximate surface area is 182 Å². The highest BCUT2D eigenvalue weighted by Crippen LogP contribution is 2.18. The van der Waals surface area contributed by atoms with Crippen molar-refractivity contribution in [2.24, 2.45) is 5.10 Å². The van der Waals surface area contributed by atoms with Crippen LogP contribution in [-0.4, -0.2) is 24.5 Å². The third-order valence-electron chi connectivity index (χ3n) is 4.28. The Morgan fingerprint density at radius 2 is 1.67 bits per heavy atom. The van der Waals surface area contributed by atoms with Crippen molar-refractivity contribution in [3.63, 3.8) is 0 Å². The summed E-state index contributed by atoms with van der Waals surface area (Å²) in [5, 5.41) is 7.82. The molecule has 0 aliphatic carbocycles. The van der Waals surface area contributed by atoms with E-state index in [4.69, 9.17) is 21.7 Å². The molecule has 154 valence electrons. The minimum atomic E-state index is 0.423. The lowest BCUT2D eigenvalue weighted by atomic mass is 10.1. The first kappa shape index (κ1) is 21.3. The summed E-state index contributed by atoms with van der Waals surface area (Å²) in [4.78, 5) is 0. The topological polar surface area (TPSA) is 54.9 Å². The van der Waals surface area contributed by atoms with E-state index in [0.717, 1.165) is 33.9 Å². The number of benzene rings is 3. The minimum Gasteiger partial charge on any atom is -0.490 e. The molecule has 0 aliphatic rings. The molecule has 0 aromatic heterocycles. The largest absolute Gasteiger partial charge is 0.490 e. The van der Waals surface area contributed by atoms with E-state index in [-0.39, 0.29) is 0 Å². The lowest BCUT2D eigenvalue weighted by Gasteiger charge is -2.11. The fourth-order valence-corrected chi connectivity index (χ4v) is 2.91.